The molecule has 0 aliphatic heterocycles. The van der Waals surface area contributed by atoms with Gasteiger partial charge in [-0.15, -0.1) is 0 Å². The van der Waals surface area contributed by atoms with Crippen LogP contribution in [-0.4, -0.2) is 10.4 Å². The summed E-state index contributed by atoms with van der Waals surface area (Å²) in [6, 6.07) is 0. The molecule has 0 atom stereocenters. The molecule has 10 heavy (non-hydrogen) atoms. The zero-order valence-corrected chi connectivity index (χ0v) is 10.2. The maximum atomic E-state index is 9.68. The monoisotopic (exact) mass is 233 g/mol. The zero-order chi connectivity index (χ0) is 7.49. The van der Waals surface area contributed by atoms with Gasteiger partial charge < -0.3 is 0 Å². The fourth-order valence-corrected chi connectivity index (χ4v) is 0.817. The molecule has 8 heteroatoms. The normalized spacial score (nSPS) is 10.3. The van der Waals surface area contributed by atoms with Crippen molar-refractivity contribution in [2.75, 3.05) is 6.61 Å². The van der Waals surface area contributed by atoms with Crippen LogP contribution in [0.4, 0.5) is 0 Å². The SMILES string of the molecule is O=P(=O)OCC(Cl)(Cl)Cl.[Na+]. The predicted octanol–water partition coefficient (Wildman–Crippen LogP) is -0.535. The van der Waals surface area contributed by atoms with Crippen LogP contribution in [0.3, 0.4) is 0 Å². The maximum Gasteiger partial charge on any atom is 1.00 e. The third kappa shape index (κ3) is 12.4. The summed E-state index contributed by atoms with van der Waals surface area (Å²) in [5, 5.41) is 0. The summed E-state index contributed by atoms with van der Waals surface area (Å²) in [5.41, 5.74) is 0. The second-order valence-corrected chi connectivity index (χ2v) is 4.33. The summed E-state index contributed by atoms with van der Waals surface area (Å²) >= 11 is 15.3. The van der Waals surface area contributed by atoms with Crippen LogP contribution in [0.1, 0.15) is 0 Å². The van der Waals surface area contributed by atoms with Crippen LogP contribution in [0, 0.1) is 0 Å². The van der Waals surface area contributed by atoms with Gasteiger partial charge in [-0.25, -0.2) is 9.13 Å². The van der Waals surface area contributed by atoms with E-state index in [0.717, 1.165) is 0 Å². The molecule has 0 aromatic heterocycles. The Labute approximate surface area is 95.5 Å². The van der Waals surface area contributed by atoms with Gasteiger partial charge in [0.25, 0.3) is 0 Å². The minimum Gasteiger partial charge on any atom is -0.267 e. The molecular formula is C2H2Cl3NaO3P+. The summed E-state index contributed by atoms with van der Waals surface area (Å²) in [5.74, 6) is 0. The van der Waals surface area contributed by atoms with E-state index in [1.165, 1.54) is 0 Å². The summed E-state index contributed by atoms with van der Waals surface area (Å²) in [4.78, 5) is 0. The van der Waals surface area contributed by atoms with Gasteiger partial charge in [0.1, 0.15) is 6.61 Å². The van der Waals surface area contributed by atoms with Crippen molar-refractivity contribution < 1.29 is 43.2 Å². The topological polar surface area (TPSA) is 43.4 Å². The molecule has 0 aromatic carbocycles. The van der Waals surface area contributed by atoms with Crippen LogP contribution < -0.4 is 29.6 Å². The first kappa shape index (κ1) is 14.3. The van der Waals surface area contributed by atoms with Gasteiger partial charge >= 0.3 is 37.5 Å². The van der Waals surface area contributed by atoms with E-state index in [4.69, 9.17) is 34.8 Å². The van der Waals surface area contributed by atoms with E-state index in [0.29, 0.717) is 0 Å². The van der Waals surface area contributed by atoms with Crippen molar-refractivity contribution in [1.82, 2.24) is 0 Å². The molecule has 0 spiro atoms. The van der Waals surface area contributed by atoms with Crippen molar-refractivity contribution in [3.05, 3.63) is 0 Å². The van der Waals surface area contributed by atoms with Crippen LogP contribution >= 0.6 is 42.7 Å². The van der Waals surface area contributed by atoms with Crippen molar-refractivity contribution in [2.45, 2.75) is 3.79 Å². The molecule has 0 rings (SSSR count). The second-order valence-electron chi connectivity index (χ2n) is 1.11. The largest absolute Gasteiger partial charge is 1.00 e. The summed E-state index contributed by atoms with van der Waals surface area (Å²) in [7, 11) is -2.92. The number of halogens is 3. The first-order valence-corrected chi connectivity index (χ1v) is 3.99. The molecule has 0 amide bonds. The summed E-state index contributed by atoms with van der Waals surface area (Å²) in [6.45, 7) is -0.448. The molecule has 0 N–H and O–H groups in total. The molecule has 0 saturated carbocycles. The van der Waals surface area contributed by atoms with Crippen LogP contribution in [-0.2, 0) is 13.7 Å². The number of hydrogen-bond acceptors (Lipinski definition) is 3. The minimum atomic E-state index is -2.92. The molecule has 0 heterocycles. The fraction of sp³-hybridized carbons (Fsp3) is 1.00. The Morgan fingerprint density at radius 3 is 1.80 bits per heavy atom. The van der Waals surface area contributed by atoms with Gasteiger partial charge in [-0.2, -0.15) is 0 Å². The molecule has 0 fully saturated rings. The molecule has 0 radical (unpaired) electrons. The molecule has 0 bridgehead atoms. The standard InChI is InChI=1S/C2H2Cl3O3P.Na/c3-2(4,5)1-8-9(6)7;/h1H2;/q;+1. The third-order valence-electron chi connectivity index (χ3n) is 0.334. The Morgan fingerprint density at radius 1 is 1.30 bits per heavy atom. The summed E-state index contributed by atoms with van der Waals surface area (Å²) in [6.07, 6.45) is 0. The van der Waals surface area contributed by atoms with E-state index in [1.807, 2.05) is 0 Å². The Kier molecular flexibility index (Phi) is 8.94. The molecule has 54 valence electrons. The van der Waals surface area contributed by atoms with E-state index in [9.17, 15) is 9.13 Å². The van der Waals surface area contributed by atoms with Gasteiger partial charge in [0.05, 0.1) is 0 Å². The van der Waals surface area contributed by atoms with Crippen LogP contribution in [0.2, 0.25) is 0 Å². The van der Waals surface area contributed by atoms with Crippen molar-refractivity contribution in [3.8, 4) is 0 Å². The molecular weight excluding hydrogens is 232 g/mol. The summed E-state index contributed by atoms with van der Waals surface area (Å²) < 4.78 is 21.7. The van der Waals surface area contributed by atoms with Gasteiger partial charge in [0.2, 0.25) is 3.79 Å². The Morgan fingerprint density at radius 2 is 1.70 bits per heavy atom. The maximum absolute atomic E-state index is 9.68. The molecule has 0 saturated heterocycles. The smallest absolute Gasteiger partial charge is 0.267 e. The minimum absolute atomic E-state index is 0. The number of alkyl halides is 3. The molecule has 0 aliphatic rings. The molecule has 0 aromatic rings. The van der Waals surface area contributed by atoms with Crippen molar-refractivity contribution in [2.24, 2.45) is 0 Å². The van der Waals surface area contributed by atoms with E-state index in [1.54, 1.807) is 0 Å². The first-order valence-electron chi connectivity index (χ1n) is 1.76. The van der Waals surface area contributed by atoms with Crippen molar-refractivity contribution in [1.29, 1.82) is 0 Å². The van der Waals surface area contributed by atoms with Crippen LogP contribution in [0.15, 0.2) is 0 Å². The fourth-order valence-electron chi connectivity index (χ4n) is 0.126. The third-order valence-corrected chi connectivity index (χ3v) is 1.00. The van der Waals surface area contributed by atoms with E-state index in [-0.39, 0.29) is 29.6 Å². The average molecular weight is 234 g/mol. The number of rotatable bonds is 2. The van der Waals surface area contributed by atoms with E-state index in [2.05, 4.69) is 4.52 Å². The van der Waals surface area contributed by atoms with Gasteiger partial charge in [-0.1, -0.05) is 34.8 Å². The van der Waals surface area contributed by atoms with Gasteiger partial charge in [-0.3, -0.25) is 4.52 Å². The van der Waals surface area contributed by atoms with E-state index >= 15 is 0 Å². The Balaban J connectivity index is 0. The van der Waals surface area contributed by atoms with E-state index < -0.39 is 18.3 Å². The number of hydrogen-bond donors (Lipinski definition) is 0. The van der Waals surface area contributed by atoms with Crippen LogP contribution in [0.25, 0.3) is 0 Å². The quantitative estimate of drug-likeness (QED) is 0.366. The Bertz CT molecular complexity index is 144. The first-order chi connectivity index (χ1) is 3.92. The van der Waals surface area contributed by atoms with Crippen LogP contribution in [0.5, 0.6) is 0 Å². The van der Waals surface area contributed by atoms with Crippen molar-refractivity contribution >= 4 is 42.7 Å². The Hall–Kier alpha value is 1.73. The van der Waals surface area contributed by atoms with Gasteiger partial charge in [0.15, 0.2) is 0 Å². The predicted molar refractivity (Wildman–Crippen MR) is 34.5 cm³/mol. The van der Waals surface area contributed by atoms with Gasteiger partial charge in [0, 0.05) is 0 Å². The van der Waals surface area contributed by atoms with Crippen molar-refractivity contribution in [3.63, 3.8) is 0 Å². The second kappa shape index (κ2) is 6.27. The molecule has 3 nitrogen and oxygen atoms in total. The van der Waals surface area contributed by atoms with Gasteiger partial charge in [-0.05, 0) is 0 Å². The molecule has 0 aliphatic carbocycles. The zero-order valence-electron chi connectivity index (χ0n) is 5.01. The molecule has 0 unspecified atom stereocenters. The average Bonchev–Trinajstić information content (AvgIpc) is 1.59.